The highest BCUT2D eigenvalue weighted by Crippen LogP contribution is 2.37. The highest BCUT2D eigenvalue weighted by Gasteiger charge is 2.40. The molecule has 0 radical (unpaired) electrons. The van der Waals surface area contributed by atoms with E-state index in [1.165, 1.54) is 6.07 Å². The van der Waals surface area contributed by atoms with Crippen LogP contribution in [0.15, 0.2) is 18.2 Å². The lowest BCUT2D eigenvalue weighted by atomic mass is 9.92. The molecular weight excluding hydrogens is 297 g/mol. The van der Waals surface area contributed by atoms with Crippen molar-refractivity contribution < 1.29 is 18.7 Å². The Hall–Kier alpha value is -1.62. The zero-order valence-electron chi connectivity index (χ0n) is 14.0. The minimum Gasteiger partial charge on any atom is -0.444 e. The zero-order chi connectivity index (χ0) is 16.6. The van der Waals surface area contributed by atoms with Gasteiger partial charge in [-0.1, -0.05) is 6.07 Å². The number of fused-ring (bicyclic) bond motifs is 1. The first kappa shape index (κ1) is 16.2. The third kappa shape index (κ3) is 3.50. The van der Waals surface area contributed by atoms with Crippen molar-refractivity contribution in [2.24, 2.45) is 0 Å². The van der Waals surface area contributed by atoms with Gasteiger partial charge in [0.1, 0.15) is 17.5 Å². The number of likely N-dealkylation sites (tertiary alicyclic amines) is 1. The lowest BCUT2D eigenvalue weighted by Crippen LogP contribution is -2.43. The smallest absolute Gasteiger partial charge is 0.410 e. The number of carbonyl (C=O) groups excluding carboxylic acids is 1. The van der Waals surface area contributed by atoms with Crippen LogP contribution < -0.4 is 0 Å². The van der Waals surface area contributed by atoms with E-state index in [1.807, 2.05) is 20.8 Å². The summed E-state index contributed by atoms with van der Waals surface area (Å²) >= 11 is 0. The third-order valence-electron chi connectivity index (χ3n) is 4.36. The van der Waals surface area contributed by atoms with E-state index in [1.54, 1.807) is 17.0 Å². The quantitative estimate of drug-likeness (QED) is 0.789. The van der Waals surface area contributed by atoms with Crippen LogP contribution in [0.3, 0.4) is 0 Å². The van der Waals surface area contributed by atoms with Gasteiger partial charge in [-0.05, 0) is 63.3 Å². The fraction of sp³-hybridized carbons (Fsp3) is 0.611. The lowest BCUT2D eigenvalue weighted by Gasteiger charge is -2.36. The molecule has 2 heterocycles. The van der Waals surface area contributed by atoms with Crippen molar-refractivity contribution in [3.63, 3.8) is 0 Å². The molecule has 1 amide bonds. The summed E-state index contributed by atoms with van der Waals surface area (Å²) in [7, 11) is 0. The summed E-state index contributed by atoms with van der Waals surface area (Å²) in [5.74, 6) is -0.222. The van der Waals surface area contributed by atoms with Crippen molar-refractivity contribution in [1.29, 1.82) is 0 Å². The van der Waals surface area contributed by atoms with Crippen LogP contribution in [-0.2, 0) is 15.9 Å². The molecule has 2 aliphatic heterocycles. The third-order valence-corrected chi connectivity index (χ3v) is 4.36. The van der Waals surface area contributed by atoms with Gasteiger partial charge in [0.25, 0.3) is 0 Å². The first-order valence-corrected chi connectivity index (χ1v) is 8.25. The van der Waals surface area contributed by atoms with Gasteiger partial charge in [-0.2, -0.15) is 0 Å². The Bertz CT molecular complexity index is 596. The summed E-state index contributed by atoms with van der Waals surface area (Å²) in [6, 6.07) is 4.79. The van der Waals surface area contributed by atoms with E-state index >= 15 is 0 Å². The Morgan fingerprint density at radius 3 is 2.91 bits per heavy atom. The second-order valence-electron chi connectivity index (χ2n) is 7.27. The summed E-state index contributed by atoms with van der Waals surface area (Å²) in [5.41, 5.74) is 1.47. The van der Waals surface area contributed by atoms with Crippen LogP contribution in [0.2, 0.25) is 0 Å². The van der Waals surface area contributed by atoms with Gasteiger partial charge in [-0.25, -0.2) is 9.18 Å². The first-order valence-electron chi connectivity index (χ1n) is 8.25. The van der Waals surface area contributed by atoms with Crippen molar-refractivity contribution in [2.45, 2.75) is 57.8 Å². The maximum Gasteiger partial charge on any atom is 0.410 e. The van der Waals surface area contributed by atoms with Gasteiger partial charge < -0.3 is 14.4 Å². The summed E-state index contributed by atoms with van der Waals surface area (Å²) in [5, 5.41) is 0. The molecule has 1 aromatic carbocycles. The van der Waals surface area contributed by atoms with E-state index in [-0.39, 0.29) is 24.1 Å². The maximum absolute atomic E-state index is 13.5. The Labute approximate surface area is 136 Å². The fourth-order valence-corrected chi connectivity index (χ4v) is 3.43. The van der Waals surface area contributed by atoms with Crippen LogP contribution in [0.25, 0.3) is 0 Å². The molecule has 0 spiro atoms. The van der Waals surface area contributed by atoms with Crippen LogP contribution in [0.5, 0.6) is 0 Å². The van der Waals surface area contributed by atoms with Crippen LogP contribution in [0, 0.1) is 5.82 Å². The topological polar surface area (TPSA) is 38.8 Å². The molecule has 2 atom stereocenters. The number of carbonyl (C=O) groups is 1. The molecule has 1 fully saturated rings. The summed E-state index contributed by atoms with van der Waals surface area (Å²) in [4.78, 5) is 14.2. The predicted molar refractivity (Wildman–Crippen MR) is 84.8 cm³/mol. The average molecular weight is 321 g/mol. The van der Waals surface area contributed by atoms with E-state index in [0.717, 1.165) is 24.0 Å². The summed E-state index contributed by atoms with van der Waals surface area (Å²) in [6.45, 7) is 6.83. The molecule has 2 unspecified atom stereocenters. The summed E-state index contributed by atoms with van der Waals surface area (Å²) < 4.78 is 25.0. The Morgan fingerprint density at radius 1 is 1.39 bits per heavy atom. The second-order valence-corrected chi connectivity index (χ2v) is 7.27. The van der Waals surface area contributed by atoms with E-state index in [4.69, 9.17) is 9.47 Å². The van der Waals surface area contributed by atoms with Gasteiger partial charge in [0.05, 0.1) is 12.6 Å². The highest BCUT2D eigenvalue weighted by molar-refractivity contribution is 5.69. The number of amides is 1. The molecule has 3 rings (SSSR count). The molecule has 0 bridgehead atoms. The Balaban J connectivity index is 1.83. The van der Waals surface area contributed by atoms with E-state index in [9.17, 15) is 9.18 Å². The molecular formula is C18H24FNO3. The molecule has 0 N–H and O–H groups in total. The van der Waals surface area contributed by atoms with Crippen molar-refractivity contribution >= 4 is 6.09 Å². The second kappa shape index (κ2) is 6.11. The maximum atomic E-state index is 13.5. The van der Waals surface area contributed by atoms with Gasteiger partial charge in [0, 0.05) is 6.54 Å². The molecule has 5 heteroatoms. The van der Waals surface area contributed by atoms with E-state index in [0.29, 0.717) is 19.6 Å². The molecule has 0 saturated carbocycles. The molecule has 4 nitrogen and oxygen atoms in total. The lowest BCUT2D eigenvalue weighted by molar-refractivity contribution is -0.0266. The van der Waals surface area contributed by atoms with Crippen molar-refractivity contribution in [1.82, 2.24) is 4.90 Å². The first-order chi connectivity index (χ1) is 10.8. The Morgan fingerprint density at radius 2 is 2.17 bits per heavy atom. The minimum atomic E-state index is -0.515. The predicted octanol–water partition coefficient (Wildman–Crippen LogP) is 3.84. The van der Waals surface area contributed by atoms with Crippen molar-refractivity contribution in [3.05, 3.63) is 35.1 Å². The van der Waals surface area contributed by atoms with Gasteiger partial charge in [0.2, 0.25) is 0 Å². The molecule has 23 heavy (non-hydrogen) atoms. The van der Waals surface area contributed by atoms with Crippen LogP contribution in [0.4, 0.5) is 9.18 Å². The van der Waals surface area contributed by atoms with Gasteiger partial charge in [-0.15, -0.1) is 0 Å². The van der Waals surface area contributed by atoms with E-state index < -0.39 is 5.60 Å². The number of nitrogens with zero attached hydrogens (tertiary/aromatic N) is 1. The minimum absolute atomic E-state index is 0.0469. The molecule has 1 saturated heterocycles. The monoisotopic (exact) mass is 321 g/mol. The normalized spacial score (nSPS) is 24.4. The molecule has 0 aliphatic carbocycles. The average Bonchev–Trinajstić information content (AvgIpc) is 2.93. The number of hydrogen-bond donors (Lipinski definition) is 0. The van der Waals surface area contributed by atoms with Gasteiger partial charge in [0.15, 0.2) is 0 Å². The van der Waals surface area contributed by atoms with Crippen LogP contribution in [-0.4, -0.2) is 35.8 Å². The standard InChI is InChI=1S/C18H24FNO3/c1-18(2,3)23-17(21)20-9-4-5-15(20)16-14-7-6-13(19)11-12(14)8-10-22-16/h6-7,11,15-16H,4-5,8-10H2,1-3H3. The van der Waals surface area contributed by atoms with Crippen LogP contribution in [0.1, 0.15) is 50.8 Å². The van der Waals surface area contributed by atoms with Crippen LogP contribution >= 0.6 is 0 Å². The van der Waals surface area contributed by atoms with Crippen molar-refractivity contribution in [2.75, 3.05) is 13.2 Å². The zero-order valence-corrected chi connectivity index (χ0v) is 14.0. The molecule has 126 valence electrons. The Kier molecular flexibility index (Phi) is 4.32. The number of ether oxygens (including phenoxy) is 2. The largest absolute Gasteiger partial charge is 0.444 e. The summed E-state index contributed by atoms with van der Waals surface area (Å²) in [6.07, 6.45) is 2.02. The SMILES string of the molecule is CC(C)(C)OC(=O)N1CCCC1C1OCCc2cc(F)ccc21. The number of hydrogen-bond acceptors (Lipinski definition) is 3. The highest BCUT2D eigenvalue weighted by atomic mass is 19.1. The molecule has 1 aromatic rings. The fourth-order valence-electron chi connectivity index (χ4n) is 3.43. The van der Waals surface area contributed by atoms with Crippen molar-refractivity contribution in [3.8, 4) is 0 Å². The molecule has 0 aromatic heterocycles. The number of halogens is 1. The van der Waals surface area contributed by atoms with Gasteiger partial charge in [-0.3, -0.25) is 0 Å². The molecule has 2 aliphatic rings. The van der Waals surface area contributed by atoms with E-state index in [2.05, 4.69) is 0 Å². The number of benzene rings is 1. The van der Waals surface area contributed by atoms with Gasteiger partial charge >= 0.3 is 6.09 Å². The number of rotatable bonds is 1.